The lowest BCUT2D eigenvalue weighted by atomic mass is 9.97. The molecule has 0 fully saturated rings. The molecule has 266 valence electrons. The summed E-state index contributed by atoms with van der Waals surface area (Å²) in [5.41, 5.74) is 8.05. The number of nitrogens with zero attached hydrogens (tertiary/aromatic N) is 4. The van der Waals surface area contributed by atoms with Crippen molar-refractivity contribution in [3.8, 4) is 22.6 Å². The van der Waals surface area contributed by atoms with Crippen LogP contribution >= 0.6 is 34.3 Å². The molecule has 0 N–H and O–H groups in total. The fraction of sp³-hybridized carbons (Fsp3) is 0. The van der Waals surface area contributed by atoms with Gasteiger partial charge in [0, 0.05) is 62.9 Å². The van der Waals surface area contributed by atoms with Gasteiger partial charge in [0.25, 0.3) is 0 Å². The van der Waals surface area contributed by atoms with Gasteiger partial charge in [0.15, 0.2) is 5.82 Å². The van der Waals surface area contributed by atoms with E-state index < -0.39 is 0 Å². The number of benzene rings is 8. The zero-order valence-corrected chi connectivity index (χ0v) is 32.5. The molecule has 4 nitrogen and oxygen atoms in total. The molecule has 5 aromatic heterocycles. The first-order chi connectivity index (χ1) is 28.2. The van der Waals surface area contributed by atoms with Gasteiger partial charge in [-0.15, -0.1) is 22.7 Å². The normalized spacial score (nSPS) is 12.3. The van der Waals surface area contributed by atoms with Crippen molar-refractivity contribution in [3.05, 3.63) is 169 Å². The van der Waals surface area contributed by atoms with Gasteiger partial charge in [-0.25, -0.2) is 4.98 Å². The van der Waals surface area contributed by atoms with Gasteiger partial charge in [0.1, 0.15) is 4.83 Å². The highest BCUT2D eigenvalue weighted by Gasteiger charge is 2.25. The largest absolute Gasteiger partial charge is 0.309 e. The van der Waals surface area contributed by atoms with E-state index in [0.29, 0.717) is 0 Å². The molecular formula is C50H27ClN4S2. The second kappa shape index (κ2) is 11.7. The van der Waals surface area contributed by atoms with E-state index in [2.05, 4.69) is 173 Å². The second-order valence-corrected chi connectivity index (χ2v) is 17.1. The maximum atomic E-state index is 6.87. The molecule has 13 rings (SSSR count). The van der Waals surface area contributed by atoms with Gasteiger partial charge in [0.05, 0.1) is 27.5 Å². The Morgan fingerprint density at radius 1 is 0.421 bits per heavy atom. The first-order valence-corrected chi connectivity index (χ1v) is 20.9. The quantitative estimate of drug-likeness (QED) is 0.167. The Morgan fingerprint density at radius 2 is 1.04 bits per heavy atom. The molecule has 0 spiro atoms. The Kier molecular flexibility index (Phi) is 6.50. The van der Waals surface area contributed by atoms with Crippen molar-refractivity contribution in [1.29, 1.82) is 0 Å². The molecule has 0 aliphatic carbocycles. The summed E-state index contributed by atoms with van der Waals surface area (Å²) < 4.78 is 8.47. The van der Waals surface area contributed by atoms with Crippen molar-refractivity contribution in [2.75, 3.05) is 0 Å². The molecule has 0 aliphatic rings. The van der Waals surface area contributed by atoms with Crippen molar-refractivity contribution in [2.45, 2.75) is 0 Å². The minimum absolute atomic E-state index is 0.241. The summed E-state index contributed by atoms with van der Waals surface area (Å²) in [5.74, 6) is 0.802. The van der Waals surface area contributed by atoms with Gasteiger partial charge in [-0.2, -0.15) is 4.98 Å². The number of hydrogen-bond acceptors (Lipinski definition) is 4. The number of thiophene rings is 2. The summed E-state index contributed by atoms with van der Waals surface area (Å²) >= 11 is 10.4. The summed E-state index contributed by atoms with van der Waals surface area (Å²) in [6.45, 7) is 0. The van der Waals surface area contributed by atoms with E-state index in [1.165, 1.54) is 63.5 Å². The molecule has 8 aromatic carbocycles. The lowest BCUT2D eigenvalue weighted by molar-refractivity contribution is 1.08. The fourth-order valence-electron chi connectivity index (χ4n) is 9.32. The van der Waals surface area contributed by atoms with Crippen LogP contribution < -0.4 is 0 Å². The van der Waals surface area contributed by atoms with Crippen LogP contribution in [0.1, 0.15) is 0 Å². The highest BCUT2D eigenvalue weighted by Crippen LogP contribution is 2.49. The molecule has 0 radical (unpaired) electrons. The van der Waals surface area contributed by atoms with Crippen LogP contribution in [0.4, 0.5) is 0 Å². The minimum atomic E-state index is 0.241. The smallest absolute Gasteiger partial charge is 0.225 e. The van der Waals surface area contributed by atoms with E-state index in [-0.39, 0.29) is 5.28 Å². The highest BCUT2D eigenvalue weighted by molar-refractivity contribution is 7.27. The van der Waals surface area contributed by atoms with Crippen molar-refractivity contribution in [1.82, 2.24) is 19.1 Å². The Hall–Kier alpha value is -6.57. The Labute approximate surface area is 338 Å². The summed E-state index contributed by atoms with van der Waals surface area (Å²) in [6, 6.07) is 59.4. The maximum absolute atomic E-state index is 6.87. The average molecular weight is 783 g/mol. The molecule has 13 aromatic rings. The van der Waals surface area contributed by atoms with Crippen LogP contribution in [0, 0.1) is 0 Å². The van der Waals surface area contributed by atoms with E-state index in [4.69, 9.17) is 21.6 Å². The predicted molar refractivity (Wildman–Crippen MR) is 244 cm³/mol. The van der Waals surface area contributed by atoms with Crippen LogP contribution in [0.25, 0.3) is 117 Å². The first-order valence-electron chi connectivity index (χ1n) is 18.9. The summed E-state index contributed by atoms with van der Waals surface area (Å²) in [4.78, 5) is 10.8. The number of halogens is 1. The van der Waals surface area contributed by atoms with Gasteiger partial charge < -0.3 is 4.57 Å². The molecule has 0 amide bonds. The molecule has 5 heterocycles. The summed E-state index contributed by atoms with van der Waals surface area (Å²) in [6.07, 6.45) is 0. The lowest BCUT2D eigenvalue weighted by Crippen LogP contribution is -2.00. The van der Waals surface area contributed by atoms with E-state index in [9.17, 15) is 0 Å². The van der Waals surface area contributed by atoms with Crippen molar-refractivity contribution in [2.24, 2.45) is 0 Å². The predicted octanol–water partition coefficient (Wildman–Crippen LogP) is 14.9. The monoisotopic (exact) mass is 782 g/mol. The van der Waals surface area contributed by atoms with Gasteiger partial charge >= 0.3 is 0 Å². The van der Waals surface area contributed by atoms with E-state index >= 15 is 0 Å². The Bertz CT molecular complexity index is 3830. The number of fused-ring (bicyclic) bond motifs is 16. The number of para-hydroxylation sites is 2. The van der Waals surface area contributed by atoms with E-state index in [1.807, 2.05) is 11.3 Å². The van der Waals surface area contributed by atoms with Crippen LogP contribution in [0.3, 0.4) is 0 Å². The molecule has 0 bridgehead atoms. The van der Waals surface area contributed by atoms with Gasteiger partial charge in [-0.3, -0.25) is 4.57 Å². The lowest BCUT2D eigenvalue weighted by Gasteiger charge is -2.12. The number of hydrogen-bond donors (Lipinski definition) is 0. The van der Waals surface area contributed by atoms with Crippen LogP contribution in [0.2, 0.25) is 5.28 Å². The molecule has 0 unspecified atom stereocenters. The Morgan fingerprint density at radius 3 is 1.86 bits per heavy atom. The zero-order chi connectivity index (χ0) is 37.4. The zero-order valence-electron chi connectivity index (χ0n) is 30.1. The van der Waals surface area contributed by atoms with Gasteiger partial charge in [0.2, 0.25) is 5.28 Å². The van der Waals surface area contributed by atoms with E-state index in [0.717, 1.165) is 54.0 Å². The molecule has 7 heteroatoms. The molecular weight excluding hydrogens is 756 g/mol. The number of aromatic nitrogens is 4. The third-order valence-electron chi connectivity index (χ3n) is 11.7. The van der Waals surface area contributed by atoms with Crippen LogP contribution in [0.5, 0.6) is 0 Å². The van der Waals surface area contributed by atoms with Crippen LogP contribution in [0.15, 0.2) is 164 Å². The summed E-state index contributed by atoms with van der Waals surface area (Å²) in [7, 11) is 0. The molecule has 0 saturated carbocycles. The molecule has 0 saturated heterocycles. The maximum Gasteiger partial charge on any atom is 0.225 e. The topological polar surface area (TPSA) is 35.6 Å². The second-order valence-electron chi connectivity index (χ2n) is 14.7. The first kappa shape index (κ1) is 31.6. The number of rotatable bonds is 3. The van der Waals surface area contributed by atoms with Gasteiger partial charge in [-0.1, -0.05) is 115 Å². The Balaban J connectivity index is 1.19. The minimum Gasteiger partial charge on any atom is -0.309 e. The van der Waals surface area contributed by atoms with E-state index in [1.54, 1.807) is 11.3 Å². The third kappa shape index (κ3) is 4.37. The van der Waals surface area contributed by atoms with Crippen molar-refractivity contribution < 1.29 is 0 Å². The van der Waals surface area contributed by atoms with Gasteiger partial charge in [-0.05, 0) is 76.6 Å². The SMILES string of the molecule is Clc1nc(-n2c3ccc(-c4ccc5c6ccccc6n(-c6ccccc6)c5c4)cc3c3c4ccccc4c4sc5ccccc5c4c32)c2c(n1)sc1ccccc12. The van der Waals surface area contributed by atoms with Crippen LogP contribution in [-0.2, 0) is 0 Å². The molecule has 0 aliphatic heterocycles. The fourth-order valence-corrected chi connectivity index (χ4v) is 11.8. The van der Waals surface area contributed by atoms with Crippen molar-refractivity contribution in [3.63, 3.8) is 0 Å². The standard InChI is InChI=1S/C50H27ClN4S2/c51-50-52-48(45-36-18-8-11-21-42(36)57-49(45)53-50)55-39-25-23-28(29-22-24-32-31-14-6-9-19-38(31)54(40(32)27-29)30-12-2-1-3-13-30)26-37(39)43-33-15-4-5-16-34(33)47-44(46(43)55)35-17-7-10-20-41(35)56-47/h1-27H. The summed E-state index contributed by atoms with van der Waals surface area (Å²) in [5, 5.41) is 12.2. The molecule has 57 heavy (non-hydrogen) atoms. The molecule has 0 atom stereocenters. The average Bonchev–Trinajstić information content (AvgIpc) is 4.01. The third-order valence-corrected chi connectivity index (χ3v) is 14.1. The highest BCUT2D eigenvalue weighted by atomic mass is 35.5. The van der Waals surface area contributed by atoms with Crippen LogP contribution in [-0.4, -0.2) is 19.1 Å². The van der Waals surface area contributed by atoms with Crippen molar-refractivity contribution >= 4 is 129 Å².